The van der Waals surface area contributed by atoms with Crippen LogP contribution in [-0.2, 0) is 10.0 Å². The van der Waals surface area contributed by atoms with Crippen LogP contribution in [0.4, 0.5) is 10.5 Å². The van der Waals surface area contributed by atoms with Gasteiger partial charge in [0, 0.05) is 31.2 Å². The maximum Gasteiger partial charge on any atom is 0.319 e. The van der Waals surface area contributed by atoms with Gasteiger partial charge in [0.1, 0.15) is 17.6 Å². The van der Waals surface area contributed by atoms with E-state index in [1.165, 1.54) is 36.7 Å². The monoisotopic (exact) mass is 562 g/mol. The van der Waals surface area contributed by atoms with Crippen molar-refractivity contribution < 1.29 is 32.6 Å². The summed E-state index contributed by atoms with van der Waals surface area (Å²) in [5.74, 6) is 0.170. The second-order valence-corrected chi connectivity index (χ2v) is 12.1. The van der Waals surface area contributed by atoms with E-state index >= 15 is 0 Å². The summed E-state index contributed by atoms with van der Waals surface area (Å²) < 4.78 is 39.2. The van der Waals surface area contributed by atoms with Gasteiger partial charge in [-0.2, -0.15) is 4.31 Å². The molecule has 1 aliphatic rings. The van der Waals surface area contributed by atoms with Crippen LogP contribution in [0.1, 0.15) is 38.1 Å². The Morgan fingerprint density at radius 2 is 1.87 bits per heavy atom. The number of likely N-dealkylation sites (N-methyl/N-ethyl adjacent to an activating group) is 1. The molecule has 0 bridgehead atoms. The van der Waals surface area contributed by atoms with Crippen molar-refractivity contribution in [2.45, 2.75) is 50.8 Å². The molecule has 1 heterocycles. The van der Waals surface area contributed by atoms with Crippen LogP contribution in [0.2, 0.25) is 0 Å². The normalized spacial score (nSPS) is 18.6. The number of rotatable bonds is 9. The first kappa shape index (κ1) is 30.2. The van der Waals surface area contributed by atoms with Crippen molar-refractivity contribution in [1.29, 1.82) is 0 Å². The van der Waals surface area contributed by atoms with Gasteiger partial charge in [0.05, 0.1) is 36.8 Å². The zero-order valence-electron chi connectivity index (χ0n) is 23.2. The van der Waals surface area contributed by atoms with Gasteiger partial charge in [-0.3, -0.25) is 4.79 Å². The van der Waals surface area contributed by atoms with E-state index in [4.69, 9.17) is 9.47 Å². The van der Waals surface area contributed by atoms with Crippen molar-refractivity contribution in [2.24, 2.45) is 5.92 Å². The first-order valence-electron chi connectivity index (χ1n) is 12.8. The average Bonchev–Trinajstić information content (AvgIpc) is 2.89. The number of hydrogen-bond donors (Lipinski definition) is 3. The summed E-state index contributed by atoms with van der Waals surface area (Å²) >= 11 is 0. The SMILES string of the molecule is COc1ccc(S(=O)(=O)N(C)C[C@@H]2Oc3ccc(NC(=O)NC(C)C)cc3C(=O)N([C@H](C)CO)C[C@H]2C)cc1. The second kappa shape index (κ2) is 12.7. The Labute approximate surface area is 230 Å². The van der Waals surface area contributed by atoms with Crippen LogP contribution >= 0.6 is 0 Å². The molecule has 0 radical (unpaired) electrons. The summed E-state index contributed by atoms with van der Waals surface area (Å²) in [6, 6.07) is 9.88. The van der Waals surface area contributed by atoms with E-state index in [1.54, 1.807) is 36.1 Å². The number of sulfonamides is 1. The smallest absolute Gasteiger partial charge is 0.319 e. The summed E-state index contributed by atoms with van der Waals surface area (Å²) in [5, 5.41) is 15.3. The fraction of sp³-hybridized carbons (Fsp3) is 0.481. The number of benzene rings is 2. The summed E-state index contributed by atoms with van der Waals surface area (Å²) in [7, 11) is -0.851. The topological polar surface area (TPSA) is 138 Å². The molecule has 3 amide bonds. The first-order chi connectivity index (χ1) is 18.4. The molecule has 0 aromatic heterocycles. The van der Waals surface area contributed by atoms with Crippen molar-refractivity contribution in [3.8, 4) is 11.5 Å². The minimum Gasteiger partial charge on any atom is -0.497 e. The third-order valence-corrected chi connectivity index (χ3v) is 8.38. The lowest BCUT2D eigenvalue weighted by Crippen LogP contribution is -2.50. The molecule has 0 spiro atoms. The van der Waals surface area contributed by atoms with E-state index in [0.717, 1.165) is 0 Å². The molecule has 0 unspecified atom stereocenters. The van der Waals surface area contributed by atoms with Gasteiger partial charge in [-0.1, -0.05) is 6.92 Å². The molecule has 12 heteroatoms. The van der Waals surface area contributed by atoms with Crippen LogP contribution in [0.25, 0.3) is 0 Å². The zero-order valence-corrected chi connectivity index (χ0v) is 24.0. The van der Waals surface area contributed by atoms with E-state index in [1.807, 2.05) is 20.8 Å². The van der Waals surface area contributed by atoms with Gasteiger partial charge in [-0.05, 0) is 63.2 Å². The summed E-state index contributed by atoms with van der Waals surface area (Å²) in [6.07, 6.45) is -0.619. The summed E-state index contributed by atoms with van der Waals surface area (Å²) in [5.41, 5.74) is 0.597. The number of carbonyl (C=O) groups is 2. The van der Waals surface area contributed by atoms with Gasteiger partial charge in [-0.25, -0.2) is 13.2 Å². The van der Waals surface area contributed by atoms with Crippen molar-refractivity contribution in [3.63, 3.8) is 0 Å². The molecule has 3 rings (SSSR count). The van der Waals surface area contributed by atoms with E-state index in [9.17, 15) is 23.1 Å². The fourth-order valence-electron chi connectivity index (χ4n) is 4.23. The molecule has 1 aliphatic heterocycles. The molecular weight excluding hydrogens is 524 g/mol. The predicted octanol–water partition coefficient (Wildman–Crippen LogP) is 2.77. The zero-order chi connectivity index (χ0) is 28.9. The predicted molar refractivity (Wildman–Crippen MR) is 148 cm³/mol. The van der Waals surface area contributed by atoms with Gasteiger partial charge in [-0.15, -0.1) is 0 Å². The number of carbonyl (C=O) groups excluding carboxylic acids is 2. The molecule has 3 N–H and O–H groups in total. The molecule has 39 heavy (non-hydrogen) atoms. The van der Waals surface area contributed by atoms with Crippen LogP contribution in [0.5, 0.6) is 11.5 Å². The van der Waals surface area contributed by atoms with Gasteiger partial charge in [0.25, 0.3) is 5.91 Å². The molecule has 0 aliphatic carbocycles. The minimum absolute atomic E-state index is 0.0152. The van der Waals surface area contributed by atoms with Crippen LogP contribution in [0.3, 0.4) is 0 Å². The van der Waals surface area contributed by atoms with Crippen LogP contribution < -0.4 is 20.1 Å². The quantitative estimate of drug-likeness (QED) is 0.427. The van der Waals surface area contributed by atoms with Crippen molar-refractivity contribution in [1.82, 2.24) is 14.5 Å². The fourth-order valence-corrected chi connectivity index (χ4v) is 5.41. The molecule has 0 fully saturated rings. The van der Waals surface area contributed by atoms with E-state index < -0.39 is 28.2 Å². The highest BCUT2D eigenvalue weighted by Crippen LogP contribution is 2.31. The maximum atomic E-state index is 13.6. The van der Waals surface area contributed by atoms with Gasteiger partial charge >= 0.3 is 6.03 Å². The second-order valence-electron chi connectivity index (χ2n) is 10.0. The highest BCUT2D eigenvalue weighted by Gasteiger charge is 2.35. The Morgan fingerprint density at radius 1 is 1.21 bits per heavy atom. The molecule has 2 aromatic rings. The lowest BCUT2D eigenvalue weighted by Gasteiger charge is -2.38. The average molecular weight is 563 g/mol. The van der Waals surface area contributed by atoms with Crippen LogP contribution in [0.15, 0.2) is 47.4 Å². The minimum atomic E-state index is -3.84. The number of urea groups is 1. The lowest BCUT2D eigenvalue weighted by atomic mass is 9.99. The molecule has 3 atom stereocenters. The molecule has 0 saturated carbocycles. The number of methoxy groups -OCH3 is 1. The highest BCUT2D eigenvalue weighted by atomic mass is 32.2. The molecular formula is C27H38N4O7S. The largest absolute Gasteiger partial charge is 0.497 e. The number of nitrogens with zero attached hydrogens (tertiary/aromatic N) is 2. The van der Waals surface area contributed by atoms with Crippen molar-refractivity contribution >= 4 is 27.6 Å². The number of anilines is 1. The Bertz CT molecular complexity index is 1270. The van der Waals surface area contributed by atoms with Gasteiger partial charge < -0.3 is 30.1 Å². The van der Waals surface area contributed by atoms with Crippen LogP contribution in [0, 0.1) is 5.92 Å². The Hall–Kier alpha value is -3.35. The number of hydrogen-bond acceptors (Lipinski definition) is 7. The highest BCUT2D eigenvalue weighted by molar-refractivity contribution is 7.89. The van der Waals surface area contributed by atoms with Crippen LogP contribution in [-0.4, -0.2) is 86.7 Å². The van der Waals surface area contributed by atoms with E-state index in [0.29, 0.717) is 11.4 Å². The number of aliphatic hydroxyl groups excluding tert-OH is 1. The molecule has 2 aromatic carbocycles. The number of nitrogens with one attached hydrogen (secondary N) is 2. The van der Waals surface area contributed by atoms with Crippen molar-refractivity contribution in [3.05, 3.63) is 48.0 Å². The maximum absolute atomic E-state index is 13.6. The van der Waals surface area contributed by atoms with E-state index in [-0.39, 0.29) is 53.8 Å². The number of aliphatic hydroxyl groups is 1. The lowest BCUT2D eigenvalue weighted by molar-refractivity contribution is 0.0387. The number of amides is 3. The Morgan fingerprint density at radius 3 is 2.46 bits per heavy atom. The van der Waals surface area contributed by atoms with Gasteiger partial charge in [0.2, 0.25) is 10.0 Å². The Kier molecular flexibility index (Phi) is 9.81. The first-order valence-corrected chi connectivity index (χ1v) is 14.2. The number of ether oxygens (including phenoxy) is 2. The van der Waals surface area contributed by atoms with Crippen molar-refractivity contribution in [2.75, 3.05) is 39.2 Å². The molecule has 214 valence electrons. The van der Waals surface area contributed by atoms with Gasteiger partial charge in [0.15, 0.2) is 0 Å². The summed E-state index contributed by atoms with van der Waals surface area (Å²) in [4.78, 5) is 27.5. The number of fused-ring (bicyclic) bond motifs is 1. The molecule has 0 saturated heterocycles. The standard InChI is InChI=1S/C27H38N4O7S/c1-17(2)28-27(34)29-20-7-12-24-23(13-20)26(33)31(19(4)16-32)14-18(3)25(38-24)15-30(5)39(35,36)22-10-8-21(37-6)9-11-22/h7-13,17-19,25,32H,14-16H2,1-6H3,(H2,28,29,34)/t18-,19-,25+/m1/s1. The third kappa shape index (κ3) is 7.20. The summed E-state index contributed by atoms with van der Waals surface area (Å²) in [6.45, 7) is 7.27. The Balaban J connectivity index is 1.93. The third-order valence-electron chi connectivity index (χ3n) is 6.55. The van der Waals surface area contributed by atoms with E-state index in [2.05, 4.69) is 10.6 Å². The molecule has 11 nitrogen and oxygen atoms in total.